The van der Waals surface area contributed by atoms with Crippen LogP contribution in [0.1, 0.15) is 30.4 Å². The minimum absolute atomic E-state index is 0.685. The highest BCUT2D eigenvalue weighted by Crippen LogP contribution is 2.06. The van der Waals surface area contributed by atoms with E-state index in [2.05, 4.69) is 29.6 Å². The maximum atomic E-state index is 5.13. The molecular formula is C15H25NO2. The number of benzene rings is 1. The molecule has 3 nitrogen and oxygen atoms in total. The second-order valence-electron chi connectivity index (χ2n) is 4.48. The summed E-state index contributed by atoms with van der Waals surface area (Å²) in [5.41, 5.74) is 2.55. The van der Waals surface area contributed by atoms with Crippen molar-refractivity contribution in [2.75, 3.05) is 27.4 Å². The van der Waals surface area contributed by atoms with Gasteiger partial charge in [-0.25, -0.2) is 0 Å². The van der Waals surface area contributed by atoms with Crippen LogP contribution in [0.5, 0.6) is 0 Å². The van der Waals surface area contributed by atoms with Gasteiger partial charge in [0.15, 0.2) is 0 Å². The van der Waals surface area contributed by atoms with Crippen LogP contribution < -0.4 is 5.32 Å². The van der Waals surface area contributed by atoms with E-state index in [-0.39, 0.29) is 0 Å². The van der Waals surface area contributed by atoms with Crippen molar-refractivity contribution in [3.8, 4) is 0 Å². The second-order valence-corrected chi connectivity index (χ2v) is 4.48. The molecule has 0 aliphatic heterocycles. The number of ether oxygens (including phenoxy) is 2. The summed E-state index contributed by atoms with van der Waals surface area (Å²) in [7, 11) is 3.48. The summed E-state index contributed by atoms with van der Waals surface area (Å²) in [6.45, 7) is 3.56. The molecule has 0 aliphatic rings. The van der Waals surface area contributed by atoms with Crippen LogP contribution >= 0.6 is 0 Å². The van der Waals surface area contributed by atoms with Gasteiger partial charge in [0.25, 0.3) is 0 Å². The van der Waals surface area contributed by atoms with E-state index < -0.39 is 0 Å². The van der Waals surface area contributed by atoms with E-state index in [4.69, 9.17) is 9.47 Å². The van der Waals surface area contributed by atoms with E-state index in [0.717, 1.165) is 26.1 Å². The molecule has 0 aromatic heterocycles. The van der Waals surface area contributed by atoms with E-state index in [9.17, 15) is 0 Å². The molecule has 0 fully saturated rings. The van der Waals surface area contributed by atoms with Gasteiger partial charge in [0.1, 0.15) is 0 Å². The summed E-state index contributed by atoms with van der Waals surface area (Å²) in [6.07, 6.45) is 3.59. The quantitative estimate of drug-likeness (QED) is 0.649. The SMILES string of the molecule is COCCCCCNCc1cccc(COC)c1. The Labute approximate surface area is 110 Å². The highest BCUT2D eigenvalue weighted by molar-refractivity contribution is 5.22. The molecule has 3 heteroatoms. The van der Waals surface area contributed by atoms with Crippen LogP contribution in [0.4, 0.5) is 0 Å². The van der Waals surface area contributed by atoms with E-state index in [1.165, 1.54) is 24.0 Å². The number of rotatable bonds is 10. The lowest BCUT2D eigenvalue weighted by atomic mass is 10.1. The van der Waals surface area contributed by atoms with Crippen LogP contribution in [-0.2, 0) is 22.6 Å². The van der Waals surface area contributed by atoms with Gasteiger partial charge in [0.05, 0.1) is 6.61 Å². The van der Waals surface area contributed by atoms with Crippen LogP contribution in [0.15, 0.2) is 24.3 Å². The van der Waals surface area contributed by atoms with Crippen LogP contribution in [0, 0.1) is 0 Å². The first kappa shape index (κ1) is 15.2. The van der Waals surface area contributed by atoms with E-state index in [0.29, 0.717) is 6.61 Å². The van der Waals surface area contributed by atoms with E-state index >= 15 is 0 Å². The van der Waals surface area contributed by atoms with Crippen LogP contribution in [0.2, 0.25) is 0 Å². The Hall–Kier alpha value is -0.900. The summed E-state index contributed by atoms with van der Waals surface area (Å²) in [5.74, 6) is 0. The van der Waals surface area contributed by atoms with Crippen molar-refractivity contribution in [2.45, 2.75) is 32.4 Å². The molecular weight excluding hydrogens is 226 g/mol. The molecule has 0 spiro atoms. The van der Waals surface area contributed by atoms with E-state index in [1.54, 1.807) is 14.2 Å². The lowest BCUT2D eigenvalue weighted by Gasteiger charge is -2.07. The molecule has 1 N–H and O–H groups in total. The smallest absolute Gasteiger partial charge is 0.0713 e. The number of hydrogen-bond donors (Lipinski definition) is 1. The molecule has 1 aromatic carbocycles. The van der Waals surface area contributed by atoms with Crippen molar-refractivity contribution in [1.82, 2.24) is 5.32 Å². The molecule has 0 aliphatic carbocycles. The highest BCUT2D eigenvalue weighted by atomic mass is 16.5. The summed E-state index contributed by atoms with van der Waals surface area (Å²) < 4.78 is 10.2. The normalized spacial score (nSPS) is 10.8. The summed E-state index contributed by atoms with van der Waals surface area (Å²) in [6, 6.07) is 8.53. The van der Waals surface area contributed by atoms with Crippen LogP contribution in [-0.4, -0.2) is 27.4 Å². The van der Waals surface area contributed by atoms with Gasteiger partial charge in [0, 0.05) is 27.4 Å². The summed E-state index contributed by atoms with van der Waals surface area (Å²) in [5, 5.41) is 3.47. The maximum absolute atomic E-state index is 5.13. The number of methoxy groups -OCH3 is 2. The molecule has 0 bridgehead atoms. The van der Waals surface area contributed by atoms with Gasteiger partial charge in [-0.3, -0.25) is 0 Å². The zero-order valence-corrected chi connectivity index (χ0v) is 11.6. The number of hydrogen-bond acceptors (Lipinski definition) is 3. The van der Waals surface area contributed by atoms with Crippen molar-refractivity contribution in [1.29, 1.82) is 0 Å². The first-order valence-corrected chi connectivity index (χ1v) is 6.63. The zero-order valence-electron chi connectivity index (χ0n) is 11.6. The standard InChI is InChI=1S/C15H25NO2/c1-17-10-5-3-4-9-16-12-14-7-6-8-15(11-14)13-18-2/h6-8,11,16H,3-5,9-10,12-13H2,1-2H3. The van der Waals surface area contributed by atoms with Crippen molar-refractivity contribution in [3.05, 3.63) is 35.4 Å². The Kier molecular flexibility index (Phi) is 8.47. The third-order valence-corrected chi connectivity index (χ3v) is 2.83. The van der Waals surface area contributed by atoms with Gasteiger partial charge in [-0.05, 0) is 36.9 Å². The van der Waals surface area contributed by atoms with Crippen LogP contribution in [0.3, 0.4) is 0 Å². The minimum Gasteiger partial charge on any atom is -0.385 e. The fraction of sp³-hybridized carbons (Fsp3) is 0.600. The summed E-state index contributed by atoms with van der Waals surface area (Å²) in [4.78, 5) is 0. The van der Waals surface area contributed by atoms with Gasteiger partial charge >= 0.3 is 0 Å². The molecule has 0 radical (unpaired) electrons. The number of unbranched alkanes of at least 4 members (excludes halogenated alkanes) is 2. The predicted octanol–water partition coefficient (Wildman–Crippen LogP) is 2.74. The molecule has 18 heavy (non-hydrogen) atoms. The highest BCUT2D eigenvalue weighted by Gasteiger charge is 1.96. The molecule has 0 saturated carbocycles. The molecule has 1 rings (SSSR count). The first-order chi connectivity index (χ1) is 8.86. The van der Waals surface area contributed by atoms with Gasteiger partial charge < -0.3 is 14.8 Å². The lowest BCUT2D eigenvalue weighted by molar-refractivity contribution is 0.185. The second kappa shape index (κ2) is 10.1. The van der Waals surface area contributed by atoms with E-state index in [1.807, 2.05) is 0 Å². The topological polar surface area (TPSA) is 30.5 Å². The zero-order chi connectivity index (χ0) is 13.1. The minimum atomic E-state index is 0.685. The molecule has 0 atom stereocenters. The molecule has 102 valence electrons. The Morgan fingerprint density at radius 2 is 1.83 bits per heavy atom. The first-order valence-electron chi connectivity index (χ1n) is 6.63. The predicted molar refractivity (Wildman–Crippen MR) is 74.6 cm³/mol. The van der Waals surface area contributed by atoms with Crippen LogP contribution in [0.25, 0.3) is 0 Å². The average molecular weight is 251 g/mol. The Balaban J connectivity index is 2.13. The third-order valence-electron chi connectivity index (χ3n) is 2.83. The Morgan fingerprint density at radius 1 is 1.00 bits per heavy atom. The fourth-order valence-corrected chi connectivity index (χ4v) is 1.90. The van der Waals surface area contributed by atoms with Crippen molar-refractivity contribution in [3.63, 3.8) is 0 Å². The molecule has 0 unspecified atom stereocenters. The maximum Gasteiger partial charge on any atom is 0.0713 e. The largest absolute Gasteiger partial charge is 0.385 e. The van der Waals surface area contributed by atoms with Gasteiger partial charge in [-0.15, -0.1) is 0 Å². The van der Waals surface area contributed by atoms with Crippen molar-refractivity contribution in [2.24, 2.45) is 0 Å². The van der Waals surface area contributed by atoms with Crippen molar-refractivity contribution < 1.29 is 9.47 Å². The van der Waals surface area contributed by atoms with Gasteiger partial charge in [0.2, 0.25) is 0 Å². The molecule has 1 aromatic rings. The lowest BCUT2D eigenvalue weighted by Crippen LogP contribution is -2.14. The van der Waals surface area contributed by atoms with Gasteiger partial charge in [-0.1, -0.05) is 24.3 Å². The average Bonchev–Trinajstić information content (AvgIpc) is 2.39. The molecule has 0 heterocycles. The fourth-order valence-electron chi connectivity index (χ4n) is 1.90. The Bertz CT molecular complexity index is 315. The summed E-state index contributed by atoms with van der Waals surface area (Å²) >= 11 is 0. The number of nitrogens with one attached hydrogen (secondary N) is 1. The van der Waals surface area contributed by atoms with Crippen molar-refractivity contribution >= 4 is 0 Å². The monoisotopic (exact) mass is 251 g/mol. The Morgan fingerprint density at radius 3 is 2.61 bits per heavy atom. The molecule has 0 saturated heterocycles. The molecule has 0 amide bonds. The third kappa shape index (κ3) is 6.74. The van der Waals surface area contributed by atoms with Gasteiger partial charge in [-0.2, -0.15) is 0 Å².